The van der Waals surface area contributed by atoms with Crippen molar-refractivity contribution in [2.75, 3.05) is 0 Å². The second kappa shape index (κ2) is 8.52. The van der Waals surface area contributed by atoms with E-state index in [1.54, 1.807) is 24.3 Å². The van der Waals surface area contributed by atoms with Gasteiger partial charge in [-0.3, -0.25) is 4.79 Å². The topological polar surface area (TPSA) is 54.6 Å². The summed E-state index contributed by atoms with van der Waals surface area (Å²) >= 11 is 12.3. The van der Waals surface area contributed by atoms with Crippen molar-refractivity contribution in [3.8, 4) is 11.3 Å². The minimum Gasteiger partial charge on any atom is -0.455 e. The van der Waals surface area contributed by atoms with Gasteiger partial charge in [0.1, 0.15) is 11.5 Å². The molecule has 1 aromatic heterocycles. The molecule has 0 saturated carbocycles. The maximum atomic E-state index is 12.3. The SMILES string of the molecule is O=C(Cc1cccc2ccccc12)N/N=C/c1ccc(-c2cccc(Cl)c2Cl)o1. The maximum absolute atomic E-state index is 12.3. The number of nitrogens with one attached hydrogen (secondary N) is 1. The van der Waals surface area contributed by atoms with E-state index in [1.807, 2.05) is 48.5 Å². The molecule has 0 radical (unpaired) electrons. The first kappa shape index (κ1) is 19.2. The standard InChI is InChI=1S/C23H16Cl2N2O2/c24-20-10-4-9-19(23(20)25)21-12-11-17(29-21)14-26-27-22(28)13-16-7-3-6-15-5-1-2-8-18(15)16/h1-12,14H,13H2,(H,27,28)/b26-14+. The van der Waals surface area contributed by atoms with E-state index >= 15 is 0 Å². The number of benzene rings is 3. The van der Waals surface area contributed by atoms with Crippen molar-refractivity contribution in [2.45, 2.75) is 6.42 Å². The van der Waals surface area contributed by atoms with Crippen LogP contribution < -0.4 is 5.43 Å². The molecule has 0 fully saturated rings. The lowest BCUT2D eigenvalue weighted by atomic mass is 10.0. The number of fused-ring (bicyclic) bond motifs is 1. The molecule has 6 heteroatoms. The molecule has 0 spiro atoms. The van der Waals surface area contributed by atoms with E-state index in [4.69, 9.17) is 27.6 Å². The zero-order chi connectivity index (χ0) is 20.2. The molecule has 0 aliphatic rings. The Balaban J connectivity index is 1.42. The Morgan fingerprint density at radius 2 is 1.76 bits per heavy atom. The molecule has 0 aliphatic heterocycles. The van der Waals surface area contributed by atoms with Crippen LogP contribution in [0.3, 0.4) is 0 Å². The zero-order valence-electron chi connectivity index (χ0n) is 15.2. The van der Waals surface area contributed by atoms with Crippen molar-refractivity contribution in [2.24, 2.45) is 5.10 Å². The summed E-state index contributed by atoms with van der Waals surface area (Å²) in [5, 5.41) is 7.03. The van der Waals surface area contributed by atoms with E-state index in [0.29, 0.717) is 27.1 Å². The minimum absolute atomic E-state index is 0.206. The lowest BCUT2D eigenvalue weighted by Crippen LogP contribution is -2.19. The summed E-state index contributed by atoms with van der Waals surface area (Å²) in [6, 6.07) is 22.7. The molecule has 1 heterocycles. The smallest absolute Gasteiger partial charge is 0.244 e. The second-order valence-corrected chi connectivity index (χ2v) is 7.20. The van der Waals surface area contributed by atoms with Crippen LogP contribution in [0.25, 0.3) is 22.1 Å². The molecule has 29 heavy (non-hydrogen) atoms. The number of rotatable bonds is 5. The predicted molar refractivity (Wildman–Crippen MR) is 118 cm³/mol. The van der Waals surface area contributed by atoms with Crippen molar-refractivity contribution in [1.29, 1.82) is 0 Å². The molecule has 0 aliphatic carbocycles. The van der Waals surface area contributed by atoms with Gasteiger partial charge in [-0.15, -0.1) is 0 Å². The van der Waals surface area contributed by atoms with E-state index in [0.717, 1.165) is 16.3 Å². The molecule has 1 amide bonds. The fourth-order valence-corrected chi connectivity index (χ4v) is 3.48. The second-order valence-electron chi connectivity index (χ2n) is 6.41. The molecule has 3 aromatic carbocycles. The van der Waals surface area contributed by atoms with Crippen LogP contribution in [0.2, 0.25) is 10.0 Å². The van der Waals surface area contributed by atoms with E-state index in [2.05, 4.69) is 10.5 Å². The summed E-state index contributed by atoms with van der Waals surface area (Å²) in [6.45, 7) is 0. The highest BCUT2D eigenvalue weighted by Crippen LogP contribution is 2.34. The molecule has 0 unspecified atom stereocenters. The monoisotopic (exact) mass is 422 g/mol. The number of nitrogens with zero attached hydrogens (tertiary/aromatic N) is 1. The summed E-state index contributed by atoms with van der Waals surface area (Å²) in [7, 11) is 0. The quantitative estimate of drug-likeness (QED) is 0.312. The molecular weight excluding hydrogens is 407 g/mol. The first-order chi connectivity index (χ1) is 14.1. The summed E-state index contributed by atoms with van der Waals surface area (Å²) in [4.78, 5) is 12.3. The molecule has 4 nitrogen and oxygen atoms in total. The molecular formula is C23H16Cl2N2O2. The Hall–Kier alpha value is -3.08. The normalized spacial score (nSPS) is 11.2. The molecule has 0 bridgehead atoms. The first-order valence-electron chi connectivity index (χ1n) is 8.94. The summed E-state index contributed by atoms with van der Waals surface area (Å²) < 4.78 is 5.72. The number of carbonyl (C=O) groups excluding carboxylic acids is 1. The molecule has 1 N–H and O–H groups in total. The lowest BCUT2D eigenvalue weighted by molar-refractivity contribution is -0.120. The average molecular weight is 423 g/mol. The van der Waals surface area contributed by atoms with Gasteiger partial charge < -0.3 is 4.42 Å². The number of hydrogen-bond acceptors (Lipinski definition) is 3. The van der Waals surface area contributed by atoms with Gasteiger partial charge >= 0.3 is 0 Å². The number of furan rings is 1. The Bertz CT molecular complexity index is 1210. The van der Waals surface area contributed by atoms with Crippen LogP contribution in [-0.4, -0.2) is 12.1 Å². The van der Waals surface area contributed by atoms with Gasteiger partial charge in [0, 0.05) is 5.56 Å². The van der Waals surface area contributed by atoms with Gasteiger partial charge in [-0.2, -0.15) is 5.10 Å². The molecule has 0 saturated heterocycles. The Kier molecular flexibility index (Phi) is 5.65. The minimum atomic E-state index is -0.206. The van der Waals surface area contributed by atoms with Gasteiger partial charge in [0.15, 0.2) is 0 Å². The van der Waals surface area contributed by atoms with Crippen molar-refractivity contribution in [1.82, 2.24) is 5.43 Å². The van der Waals surface area contributed by atoms with Crippen LogP contribution in [0.5, 0.6) is 0 Å². The van der Waals surface area contributed by atoms with E-state index in [9.17, 15) is 4.79 Å². The first-order valence-corrected chi connectivity index (χ1v) is 9.70. The molecule has 4 aromatic rings. The fraction of sp³-hybridized carbons (Fsp3) is 0.0435. The summed E-state index contributed by atoms with van der Waals surface area (Å²) in [5.74, 6) is 0.852. The highest BCUT2D eigenvalue weighted by atomic mass is 35.5. The van der Waals surface area contributed by atoms with Gasteiger partial charge in [-0.05, 0) is 40.6 Å². The largest absolute Gasteiger partial charge is 0.455 e. The van der Waals surface area contributed by atoms with E-state index < -0.39 is 0 Å². The van der Waals surface area contributed by atoms with Crippen LogP contribution in [0, 0.1) is 0 Å². The lowest BCUT2D eigenvalue weighted by Gasteiger charge is -2.05. The van der Waals surface area contributed by atoms with Crippen molar-refractivity contribution in [3.05, 3.63) is 94.2 Å². The van der Waals surface area contributed by atoms with Crippen molar-refractivity contribution < 1.29 is 9.21 Å². The van der Waals surface area contributed by atoms with Crippen molar-refractivity contribution >= 4 is 46.1 Å². The van der Waals surface area contributed by atoms with Crippen LogP contribution in [0.1, 0.15) is 11.3 Å². The van der Waals surface area contributed by atoms with Crippen LogP contribution in [0.15, 0.2) is 82.3 Å². The zero-order valence-corrected chi connectivity index (χ0v) is 16.7. The van der Waals surface area contributed by atoms with E-state index in [1.165, 1.54) is 6.21 Å². The third-order valence-corrected chi connectivity index (χ3v) is 5.27. The third kappa shape index (κ3) is 4.34. The Morgan fingerprint density at radius 3 is 2.66 bits per heavy atom. The van der Waals surface area contributed by atoms with Gasteiger partial charge in [0.25, 0.3) is 0 Å². The number of hydrogen-bond donors (Lipinski definition) is 1. The fourth-order valence-electron chi connectivity index (χ4n) is 3.09. The number of carbonyl (C=O) groups is 1. The number of hydrazone groups is 1. The number of amides is 1. The molecule has 4 rings (SSSR count). The molecule has 0 atom stereocenters. The Labute approximate surface area is 177 Å². The van der Waals surface area contributed by atoms with Crippen LogP contribution in [-0.2, 0) is 11.2 Å². The summed E-state index contributed by atoms with van der Waals surface area (Å²) in [5.41, 5.74) is 4.18. The summed E-state index contributed by atoms with van der Waals surface area (Å²) in [6.07, 6.45) is 1.68. The van der Waals surface area contributed by atoms with Crippen LogP contribution in [0.4, 0.5) is 0 Å². The highest BCUT2D eigenvalue weighted by Gasteiger charge is 2.10. The van der Waals surface area contributed by atoms with Gasteiger partial charge in [0.05, 0.1) is 22.7 Å². The predicted octanol–water partition coefficient (Wildman–Crippen LogP) is 6.10. The third-order valence-electron chi connectivity index (χ3n) is 4.46. The van der Waals surface area contributed by atoms with Crippen molar-refractivity contribution in [3.63, 3.8) is 0 Å². The highest BCUT2D eigenvalue weighted by molar-refractivity contribution is 6.43. The van der Waals surface area contributed by atoms with Gasteiger partial charge in [0.2, 0.25) is 5.91 Å². The maximum Gasteiger partial charge on any atom is 0.244 e. The van der Waals surface area contributed by atoms with E-state index in [-0.39, 0.29) is 12.3 Å². The van der Waals surface area contributed by atoms with Gasteiger partial charge in [-0.25, -0.2) is 5.43 Å². The van der Waals surface area contributed by atoms with Crippen LogP contribution >= 0.6 is 23.2 Å². The van der Waals surface area contributed by atoms with Gasteiger partial charge in [-0.1, -0.05) is 71.7 Å². The number of halogens is 2. The Morgan fingerprint density at radius 1 is 0.966 bits per heavy atom. The molecule has 144 valence electrons. The average Bonchev–Trinajstić information content (AvgIpc) is 3.19.